The molecule has 1 N–H and O–H groups in total. The number of amides is 1. The lowest BCUT2D eigenvalue weighted by atomic mass is 10.2. The van der Waals surface area contributed by atoms with Gasteiger partial charge in [0.2, 0.25) is 0 Å². The fourth-order valence-electron chi connectivity index (χ4n) is 1.49. The van der Waals surface area contributed by atoms with Crippen LogP contribution >= 0.6 is 11.3 Å². The summed E-state index contributed by atoms with van der Waals surface area (Å²) in [4.78, 5) is 35.7. The van der Waals surface area contributed by atoms with Gasteiger partial charge >= 0.3 is 12.1 Å². The molecule has 0 saturated heterocycles. The first-order valence-corrected chi connectivity index (χ1v) is 7.99. The molecule has 0 spiro atoms. The zero-order valence-electron chi connectivity index (χ0n) is 13.7. The van der Waals surface area contributed by atoms with Crippen LogP contribution in [0.15, 0.2) is 18.2 Å². The summed E-state index contributed by atoms with van der Waals surface area (Å²) in [6.45, 7) is 7.47. The molecule has 6 nitrogen and oxygen atoms in total. The predicted molar refractivity (Wildman–Crippen MR) is 88.6 cm³/mol. The van der Waals surface area contributed by atoms with E-state index >= 15 is 0 Å². The number of esters is 1. The smallest absolute Gasteiger partial charge is 0.407 e. The first-order chi connectivity index (χ1) is 10.7. The fraction of sp³-hybridized carbons (Fsp3) is 0.438. The Kier molecular flexibility index (Phi) is 6.96. The highest BCUT2D eigenvalue weighted by Gasteiger charge is 2.19. The molecule has 0 aliphatic carbocycles. The molecule has 1 aromatic rings. The van der Waals surface area contributed by atoms with E-state index in [9.17, 15) is 14.4 Å². The van der Waals surface area contributed by atoms with Crippen molar-refractivity contribution in [1.82, 2.24) is 5.32 Å². The number of nitrogens with one attached hydrogen (secondary N) is 1. The van der Waals surface area contributed by atoms with Crippen LogP contribution < -0.4 is 5.32 Å². The third-order valence-electron chi connectivity index (χ3n) is 2.36. The molecule has 1 rings (SSSR count). The van der Waals surface area contributed by atoms with Crippen LogP contribution in [-0.4, -0.2) is 36.6 Å². The van der Waals surface area contributed by atoms with E-state index in [-0.39, 0.29) is 6.61 Å². The Balaban J connectivity index is 2.48. The summed E-state index contributed by atoms with van der Waals surface area (Å²) in [6.07, 6.45) is 2.99. The molecular formula is C16H21NO5S. The van der Waals surface area contributed by atoms with Crippen molar-refractivity contribution in [2.24, 2.45) is 0 Å². The third kappa shape index (κ3) is 7.10. The van der Waals surface area contributed by atoms with Crippen LogP contribution in [0.5, 0.6) is 0 Å². The lowest BCUT2D eigenvalue weighted by molar-refractivity contribution is -0.137. The van der Waals surface area contributed by atoms with Crippen molar-refractivity contribution in [3.8, 4) is 0 Å². The first kappa shape index (κ1) is 18.9. The molecule has 1 aromatic heterocycles. The highest BCUT2D eigenvalue weighted by molar-refractivity contribution is 7.15. The lowest BCUT2D eigenvalue weighted by Crippen LogP contribution is -2.32. The highest BCUT2D eigenvalue weighted by Crippen LogP contribution is 2.18. The van der Waals surface area contributed by atoms with Crippen molar-refractivity contribution in [3.63, 3.8) is 0 Å². The van der Waals surface area contributed by atoms with E-state index in [2.05, 4.69) is 10.1 Å². The van der Waals surface area contributed by atoms with Crippen molar-refractivity contribution in [3.05, 3.63) is 28.0 Å². The molecule has 1 amide bonds. The van der Waals surface area contributed by atoms with Crippen molar-refractivity contribution < 1.29 is 23.9 Å². The van der Waals surface area contributed by atoms with Crippen LogP contribution in [-0.2, 0) is 14.3 Å². The van der Waals surface area contributed by atoms with Gasteiger partial charge in [-0.15, -0.1) is 11.3 Å². The molecule has 0 unspecified atom stereocenters. The number of hydrogen-bond donors (Lipinski definition) is 1. The minimum absolute atomic E-state index is 0.166. The predicted octanol–water partition coefficient (Wildman–Crippen LogP) is 3.03. The van der Waals surface area contributed by atoms with E-state index < -0.39 is 23.4 Å². The number of hydrogen-bond acceptors (Lipinski definition) is 6. The summed E-state index contributed by atoms with van der Waals surface area (Å²) in [5.41, 5.74) is -0.538. The van der Waals surface area contributed by atoms with E-state index in [4.69, 9.17) is 4.74 Å². The average molecular weight is 339 g/mol. The summed E-state index contributed by atoms with van der Waals surface area (Å²) in [6, 6.07) is 3.30. The quantitative estimate of drug-likeness (QED) is 0.489. The van der Waals surface area contributed by atoms with Crippen LogP contribution in [0, 0.1) is 0 Å². The van der Waals surface area contributed by atoms with Crippen LogP contribution in [0.1, 0.15) is 42.2 Å². The number of rotatable bonds is 6. The van der Waals surface area contributed by atoms with Gasteiger partial charge in [0.25, 0.3) is 5.78 Å². The Labute approximate surface area is 139 Å². The summed E-state index contributed by atoms with van der Waals surface area (Å²) in [7, 11) is 0. The van der Waals surface area contributed by atoms with E-state index in [1.807, 2.05) is 0 Å². The Hall–Kier alpha value is -2.15. The van der Waals surface area contributed by atoms with Gasteiger partial charge in [-0.25, -0.2) is 9.59 Å². The van der Waals surface area contributed by atoms with Crippen LogP contribution in [0.4, 0.5) is 4.79 Å². The molecule has 0 aromatic carbocycles. The van der Waals surface area contributed by atoms with E-state index in [1.165, 1.54) is 11.3 Å². The Morgan fingerprint density at radius 3 is 2.57 bits per heavy atom. The first-order valence-electron chi connectivity index (χ1n) is 7.17. The molecule has 7 heteroatoms. The summed E-state index contributed by atoms with van der Waals surface area (Å²) in [5, 5.41) is 2.59. The second-order valence-electron chi connectivity index (χ2n) is 5.54. The average Bonchev–Trinajstić information content (AvgIpc) is 2.90. The second kappa shape index (κ2) is 8.47. The molecule has 23 heavy (non-hydrogen) atoms. The molecule has 0 saturated carbocycles. The number of ether oxygens (including phenoxy) is 2. The molecule has 0 aliphatic rings. The molecule has 0 bridgehead atoms. The number of carbonyl (C=O) groups excluding carboxylic acids is 3. The SMILES string of the molecule is CCOC(=O)C(=O)c1ccc(C=CCNC(=O)OC(C)(C)C)s1. The summed E-state index contributed by atoms with van der Waals surface area (Å²) in [5.74, 6) is -1.50. The van der Waals surface area contributed by atoms with Crippen LogP contribution in [0.25, 0.3) is 6.08 Å². The fourth-order valence-corrected chi connectivity index (χ4v) is 2.36. The number of thiophene rings is 1. The Bertz CT molecular complexity index is 598. The monoisotopic (exact) mass is 339 g/mol. The van der Waals surface area contributed by atoms with Gasteiger partial charge in [0.05, 0.1) is 11.5 Å². The minimum atomic E-state index is -0.850. The molecule has 1 heterocycles. The van der Waals surface area contributed by atoms with Gasteiger partial charge in [-0.3, -0.25) is 4.79 Å². The maximum absolute atomic E-state index is 11.7. The van der Waals surface area contributed by atoms with Crippen molar-refractivity contribution >= 4 is 35.3 Å². The van der Waals surface area contributed by atoms with E-state index in [0.717, 1.165) is 4.88 Å². The van der Waals surface area contributed by atoms with Crippen LogP contribution in [0.2, 0.25) is 0 Å². The minimum Gasteiger partial charge on any atom is -0.460 e. The van der Waals surface area contributed by atoms with Gasteiger partial charge in [-0.1, -0.05) is 6.08 Å². The number of Topliss-reactive ketones (excluding diaryl/α,β-unsaturated/α-hetero) is 1. The van der Waals surface area contributed by atoms with E-state index in [0.29, 0.717) is 11.4 Å². The van der Waals surface area contributed by atoms with E-state index in [1.54, 1.807) is 52.0 Å². The second-order valence-corrected chi connectivity index (χ2v) is 6.65. The Morgan fingerprint density at radius 2 is 1.96 bits per heavy atom. The molecule has 0 radical (unpaired) electrons. The van der Waals surface area contributed by atoms with Gasteiger partial charge in [0.1, 0.15) is 5.60 Å². The van der Waals surface area contributed by atoms with Crippen LogP contribution in [0.3, 0.4) is 0 Å². The standard InChI is InChI=1S/C16H21NO5S/c1-5-21-14(19)13(18)12-9-8-11(23-12)7-6-10-17-15(20)22-16(2,3)4/h6-9H,5,10H2,1-4H3,(H,17,20). The molecule has 0 aliphatic heterocycles. The topological polar surface area (TPSA) is 81.7 Å². The molecule has 0 atom stereocenters. The zero-order valence-corrected chi connectivity index (χ0v) is 14.5. The van der Waals surface area contributed by atoms with Gasteiger partial charge in [-0.05, 0) is 45.9 Å². The highest BCUT2D eigenvalue weighted by atomic mass is 32.1. The normalized spacial score (nSPS) is 11.3. The van der Waals surface area contributed by atoms with Gasteiger partial charge in [0.15, 0.2) is 0 Å². The number of carbonyl (C=O) groups is 3. The summed E-state index contributed by atoms with van der Waals surface area (Å²) >= 11 is 1.18. The zero-order chi connectivity index (χ0) is 17.5. The molecule has 126 valence electrons. The van der Waals surface area contributed by atoms with Gasteiger partial charge in [0, 0.05) is 11.4 Å². The van der Waals surface area contributed by atoms with Gasteiger partial charge in [-0.2, -0.15) is 0 Å². The van der Waals surface area contributed by atoms with Crippen molar-refractivity contribution in [2.75, 3.05) is 13.2 Å². The summed E-state index contributed by atoms with van der Waals surface area (Å²) < 4.78 is 9.77. The maximum Gasteiger partial charge on any atom is 0.407 e. The number of alkyl carbamates (subject to hydrolysis) is 1. The van der Waals surface area contributed by atoms with Crippen molar-refractivity contribution in [1.29, 1.82) is 0 Å². The lowest BCUT2D eigenvalue weighted by Gasteiger charge is -2.19. The largest absolute Gasteiger partial charge is 0.460 e. The molecule has 0 fully saturated rings. The maximum atomic E-state index is 11.7. The third-order valence-corrected chi connectivity index (χ3v) is 3.41. The van der Waals surface area contributed by atoms with Gasteiger partial charge < -0.3 is 14.8 Å². The Morgan fingerprint density at radius 1 is 1.26 bits per heavy atom. The number of ketones is 1. The molecular weight excluding hydrogens is 318 g/mol. The van der Waals surface area contributed by atoms with Crippen molar-refractivity contribution in [2.45, 2.75) is 33.3 Å².